The van der Waals surface area contributed by atoms with E-state index < -0.39 is 0 Å². The van der Waals surface area contributed by atoms with Crippen LogP contribution in [-0.4, -0.2) is 53.4 Å². The normalized spacial score (nSPS) is 17.1. The Morgan fingerprint density at radius 2 is 2.12 bits per heavy atom. The van der Waals surface area contributed by atoms with Gasteiger partial charge < -0.3 is 15.5 Å². The molecule has 0 saturated carbocycles. The van der Waals surface area contributed by atoms with Crippen LogP contribution in [0.25, 0.3) is 0 Å². The van der Waals surface area contributed by atoms with E-state index in [1.807, 2.05) is 4.90 Å². The fourth-order valence-corrected chi connectivity index (χ4v) is 2.04. The van der Waals surface area contributed by atoms with E-state index in [9.17, 15) is 4.79 Å². The van der Waals surface area contributed by atoms with Crippen LogP contribution in [0.5, 0.6) is 0 Å². The van der Waals surface area contributed by atoms with Gasteiger partial charge in [0.2, 0.25) is 0 Å². The summed E-state index contributed by atoms with van der Waals surface area (Å²) in [6, 6.07) is 3.47. The molecule has 0 bridgehead atoms. The van der Waals surface area contributed by atoms with Crippen LogP contribution in [0.2, 0.25) is 0 Å². The highest BCUT2D eigenvalue weighted by Crippen LogP contribution is 2.12. The number of piperazine rings is 1. The van der Waals surface area contributed by atoms with Crippen LogP contribution in [0, 0.1) is 0 Å². The number of carbonyl (C=O) groups excluding carboxylic acids is 1. The molecule has 2 N–H and O–H groups in total. The average molecular weight is 234 g/mol. The molecule has 2 rings (SSSR count). The maximum Gasteiger partial charge on any atom is 0.257 e. The fraction of sp³-hybridized carbons (Fsp3) is 0.500. The molecule has 1 aliphatic heterocycles. The average Bonchev–Trinajstić information content (AvgIpc) is 2.39. The minimum atomic E-state index is -0.00801. The third-order valence-corrected chi connectivity index (χ3v) is 3.18. The Labute approximate surface area is 101 Å². The number of pyridine rings is 1. The van der Waals surface area contributed by atoms with Crippen molar-refractivity contribution in [2.24, 2.45) is 0 Å². The van der Waals surface area contributed by atoms with Crippen molar-refractivity contribution in [3.63, 3.8) is 0 Å². The van der Waals surface area contributed by atoms with Crippen LogP contribution < -0.4 is 5.73 Å². The van der Waals surface area contributed by atoms with Crippen molar-refractivity contribution in [1.29, 1.82) is 0 Å². The van der Waals surface area contributed by atoms with Crippen molar-refractivity contribution in [3.05, 3.63) is 23.9 Å². The highest BCUT2D eigenvalue weighted by molar-refractivity contribution is 5.98. The van der Waals surface area contributed by atoms with Crippen LogP contribution >= 0.6 is 0 Å². The Bertz CT molecular complexity index is 399. The van der Waals surface area contributed by atoms with E-state index >= 15 is 0 Å². The molecular formula is C12H18N4O. The summed E-state index contributed by atoms with van der Waals surface area (Å²) in [5.74, 6) is 0.307. The first-order valence-electron chi connectivity index (χ1n) is 5.94. The second kappa shape index (κ2) is 5.14. The van der Waals surface area contributed by atoms with Crippen molar-refractivity contribution in [1.82, 2.24) is 14.8 Å². The monoisotopic (exact) mass is 234 g/mol. The molecule has 1 fully saturated rings. The number of hydrogen-bond donors (Lipinski definition) is 1. The first-order valence-corrected chi connectivity index (χ1v) is 5.94. The number of likely N-dealkylation sites (N-methyl/N-ethyl adjacent to an activating group) is 1. The second-order valence-corrected chi connectivity index (χ2v) is 4.16. The van der Waals surface area contributed by atoms with Gasteiger partial charge >= 0.3 is 0 Å². The van der Waals surface area contributed by atoms with Crippen LogP contribution in [-0.2, 0) is 0 Å². The quantitative estimate of drug-likeness (QED) is 0.806. The third kappa shape index (κ3) is 2.55. The number of carbonyl (C=O) groups is 1. The van der Waals surface area contributed by atoms with Crippen LogP contribution in [0.4, 0.5) is 5.82 Å². The molecule has 1 saturated heterocycles. The van der Waals surface area contributed by atoms with Crippen molar-refractivity contribution in [2.75, 3.05) is 38.5 Å². The molecule has 0 atom stereocenters. The molecule has 5 heteroatoms. The van der Waals surface area contributed by atoms with Crippen molar-refractivity contribution in [2.45, 2.75) is 6.92 Å². The maximum atomic E-state index is 12.2. The molecule has 92 valence electrons. The summed E-state index contributed by atoms with van der Waals surface area (Å²) in [5, 5.41) is 0. The molecule has 1 amide bonds. The number of hydrogen-bond acceptors (Lipinski definition) is 4. The van der Waals surface area contributed by atoms with Gasteiger partial charge in [0.15, 0.2) is 0 Å². The number of anilines is 1. The summed E-state index contributed by atoms with van der Waals surface area (Å²) in [4.78, 5) is 20.3. The van der Waals surface area contributed by atoms with Crippen LogP contribution in [0.1, 0.15) is 17.3 Å². The lowest BCUT2D eigenvalue weighted by atomic mass is 10.2. The summed E-state index contributed by atoms with van der Waals surface area (Å²) in [7, 11) is 0. The lowest BCUT2D eigenvalue weighted by molar-refractivity contribution is 0.0644. The standard InChI is InChI=1S/C12H18N4O/c1-2-15-6-8-16(9-7-15)12(17)10-4-3-5-14-11(10)13/h3-5H,2,6-9H2,1H3,(H2,13,14). The van der Waals surface area contributed by atoms with Gasteiger partial charge in [-0.25, -0.2) is 4.98 Å². The van der Waals surface area contributed by atoms with Gasteiger partial charge in [0.25, 0.3) is 5.91 Å². The molecule has 5 nitrogen and oxygen atoms in total. The van der Waals surface area contributed by atoms with Gasteiger partial charge in [-0.2, -0.15) is 0 Å². The zero-order valence-corrected chi connectivity index (χ0v) is 10.1. The van der Waals surface area contributed by atoms with Gasteiger partial charge in [-0.1, -0.05) is 6.92 Å². The first-order chi connectivity index (χ1) is 8.22. The summed E-state index contributed by atoms with van der Waals surface area (Å²) >= 11 is 0. The number of rotatable bonds is 2. The number of nitrogen functional groups attached to an aromatic ring is 1. The Balaban J connectivity index is 2.04. The summed E-state index contributed by atoms with van der Waals surface area (Å²) < 4.78 is 0. The molecule has 0 spiro atoms. The van der Waals surface area contributed by atoms with Crippen LogP contribution in [0.3, 0.4) is 0 Å². The van der Waals surface area contributed by atoms with E-state index in [2.05, 4.69) is 16.8 Å². The molecule has 0 radical (unpaired) electrons. The predicted octanol–water partition coefficient (Wildman–Crippen LogP) is 0.442. The Kier molecular flexibility index (Phi) is 3.58. The van der Waals surface area contributed by atoms with Gasteiger partial charge in [0.05, 0.1) is 5.56 Å². The number of nitrogens with two attached hydrogens (primary N) is 1. The lowest BCUT2D eigenvalue weighted by Gasteiger charge is -2.34. The number of amides is 1. The maximum absolute atomic E-state index is 12.2. The van der Waals surface area contributed by atoms with E-state index in [4.69, 9.17) is 5.73 Å². The zero-order chi connectivity index (χ0) is 12.3. The highest BCUT2D eigenvalue weighted by Gasteiger charge is 2.22. The summed E-state index contributed by atoms with van der Waals surface area (Å²) in [6.07, 6.45) is 1.60. The molecule has 0 unspecified atom stereocenters. The highest BCUT2D eigenvalue weighted by atomic mass is 16.2. The van der Waals surface area contributed by atoms with Crippen LogP contribution in [0.15, 0.2) is 18.3 Å². The molecule has 17 heavy (non-hydrogen) atoms. The molecule has 1 aromatic heterocycles. The number of aromatic nitrogens is 1. The Hall–Kier alpha value is -1.62. The van der Waals surface area contributed by atoms with Gasteiger partial charge in [0, 0.05) is 32.4 Å². The topological polar surface area (TPSA) is 62.5 Å². The molecule has 2 heterocycles. The molecule has 0 aliphatic carbocycles. The SMILES string of the molecule is CCN1CCN(C(=O)c2cccnc2N)CC1. The Morgan fingerprint density at radius 1 is 1.41 bits per heavy atom. The van der Waals surface area contributed by atoms with Gasteiger partial charge in [-0.05, 0) is 18.7 Å². The van der Waals surface area contributed by atoms with Crippen molar-refractivity contribution >= 4 is 11.7 Å². The molecule has 0 aromatic carbocycles. The smallest absolute Gasteiger partial charge is 0.257 e. The first kappa shape index (κ1) is 11.9. The largest absolute Gasteiger partial charge is 0.383 e. The van der Waals surface area contributed by atoms with Crippen molar-refractivity contribution < 1.29 is 4.79 Å². The zero-order valence-electron chi connectivity index (χ0n) is 10.1. The van der Waals surface area contributed by atoms with Gasteiger partial charge in [0.1, 0.15) is 5.82 Å². The second-order valence-electron chi connectivity index (χ2n) is 4.16. The van der Waals surface area contributed by atoms with Gasteiger partial charge in [-0.15, -0.1) is 0 Å². The molecule has 1 aliphatic rings. The fourth-order valence-electron chi connectivity index (χ4n) is 2.04. The van der Waals surface area contributed by atoms with E-state index in [-0.39, 0.29) is 5.91 Å². The predicted molar refractivity (Wildman–Crippen MR) is 66.7 cm³/mol. The molecule has 1 aromatic rings. The third-order valence-electron chi connectivity index (χ3n) is 3.18. The lowest BCUT2D eigenvalue weighted by Crippen LogP contribution is -2.48. The summed E-state index contributed by atoms with van der Waals surface area (Å²) in [5.41, 5.74) is 6.22. The van der Waals surface area contributed by atoms with E-state index in [1.165, 1.54) is 0 Å². The van der Waals surface area contributed by atoms with E-state index in [0.717, 1.165) is 32.7 Å². The van der Waals surface area contributed by atoms with Crippen molar-refractivity contribution in [3.8, 4) is 0 Å². The molecular weight excluding hydrogens is 216 g/mol. The minimum Gasteiger partial charge on any atom is -0.383 e. The number of nitrogens with zero attached hydrogens (tertiary/aromatic N) is 3. The van der Waals surface area contributed by atoms with Gasteiger partial charge in [-0.3, -0.25) is 4.79 Å². The summed E-state index contributed by atoms with van der Waals surface area (Å²) in [6.45, 7) is 6.57. The Morgan fingerprint density at radius 3 is 2.71 bits per heavy atom. The minimum absolute atomic E-state index is 0.00801. The van der Waals surface area contributed by atoms with E-state index in [1.54, 1.807) is 18.3 Å². The van der Waals surface area contributed by atoms with E-state index in [0.29, 0.717) is 11.4 Å².